The first-order valence-corrected chi connectivity index (χ1v) is 5.56. The molecule has 2 aliphatic rings. The second-order valence-electron chi connectivity index (χ2n) is 4.80. The number of rotatable bonds is 2. The van der Waals surface area contributed by atoms with E-state index in [1.54, 1.807) is 0 Å². The first-order chi connectivity index (χ1) is 6.29. The number of nitrogens with zero attached hydrogens (tertiary/aromatic N) is 1. The highest BCUT2D eigenvalue weighted by molar-refractivity contribution is 5.82. The average molecular weight is 180 g/mol. The Hall–Kier alpha value is -0.530. The van der Waals surface area contributed by atoms with Gasteiger partial charge in [0.05, 0.1) is 5.84 Å². The molecule has 0 bridgehead atoms. The molecular formula is C11H20N2. The molecule has 1 aliphatic carbocycles. The average Bonchev–Trinajstić information content (AvgIpc) is 2.87. The number of hydrogen-bond donors (Lipinski definition) is 1. The topological polar surface area (TPSA) is 24.4 Å². The maximum Gasteiger partial charge on any atom is 0.0963 e. The molecule has 0 radical (unpaired) electrons. The normalized spacial score (nSPS) is 26.1. The minimum atomic E-state index is 0.606. The smallest absolute Gasteiger partial charge is 0.0963 e. The summed E-state index contributed by atoms with van der Waals surface area (Å²) in [6.07, 6.45) is 7.92. The molecule has 0 aromatic carbocycles. The fourth-order valence-electron chi connectivity index (χ4n) is 1.72. The van der Waals surface area contributed by atoms with E-state index in [0.717, 1.165) is 13.1 Å². The van der Waals surface area contributed by atoms with Crippen molar-refractivity contribution >= 4 is 5.84 Å². The SMILES string of the molecule is CC1(CNC2=NCCCCC2)CC1. The highest BCUT2D eigenvalue weighted by Crippen LogP contribution is 2.44. The molecular weight excluding hydrogens is 160 g/mol. The van der Waals surface area contributed by atoms with Crippen LogP contribution in [0.15, 0.2) is 4.99 Å². The van der Waals surface area contributed by atoms with Gasteiger partial charge in [-0.25, -0.2) is 0 Å². The summed E-state index contributed by atoms with van der Waals surface area (Å²) in [6.45, 7) is 4.54. The van der Waals surface area contributed by atoms with Crippen molar-refractivity contribution in [2.24, 2.45) is 10.4 Å². The van der Waals surface area contributed by atoms with Gasteiger partial charge in [0.1, 0.15) is 0 Å². The highest BCUT2D eigenvalue weighted by Gasteiger charge is 2.36. The summed E-state index contributed by atoms with van der Waals surface area (Å²) in [5.41, 5.74) is 0.606. The lowest BCUT2D eigenvalue weighted by molar-refractivity contribution is 0.552. The summed E-state index contributed by atoms with van der Waals surface area (Å²) in [5.74, 6) is 1.27. The Morgan fingerprint density at radius 2 is 2.15 bits per heavy atom. The third-order valence-corrected chi connectivity index (χ3v) is 3.20. The minimum Gasteiger partial charge on any atom is -0.373 e. The summed E-state index contributed by atoms with van der Waals surface area (Å²) < 4.78 is 0. The lowest BCUT2D eigenvalue weighted by Crippen LogP contribution is -2.28. The highest BCUT2D eigenvalue weighted by atomic mass is 15.0. The fraction of sp³-hybridized carbons (Fsp3) is 0.909. The van der Waals surface area contributed by atoms with Gasteiger partial charge in [0.25, 0.3) is 0 Å². The maximum absolute atomic E-state index is 4.56. The van der Waals surface area contributed by atoms with Gasteiger partial charge in [0.2, 0.25) is 0 Å². The monoisotopic (exact) mass is 180 g/mol. The van der Waals surface area contributed by atoms with E-state index in [4.69, 9.17) is 0 Å². The van der Waals surface area contributed by atoms with E-state index in [1.807, 2.05) is 0 Å². The molecule has 1 aliphatic heterocycles. The van der Waals surface area contributed by atoms with Gasteiger partial charge in [-0.15, -0.1) is 0 Å². The van der Waals surface area contributed by atoms with E-state index in [0.29, 0.717) is 5.41 Å². The standard InChI is InChI=1S/C11H20N2/c1-11(6-7-11)9-13-10-5-3-2-4-8-12-10/h2-9H2,1H3,(H,12,13). The molecule has 0 aromatic heterocycles. The summed E-state index contributed by atoms with van der Waals surface area (Å²) >= 11 is 0. The molecule has 0 aromatic rings. The predicted molar refractivity (Wildman–Crippen MR) is 56.1 cm³/mol. The Balaban J connectivity index is 1.75. The van der Waals surface area contributed by atoms with Crippen LogP contribution < -0.4 is 5.32 Å². The summed E-state index contributed by atoms with van der Waals surface area (Å²) in [4.78, 5) is 4.56. The molecule has 1 heterocycles. The van der Waals surface area contributed by atoms with E-state index in [-0.39, 0.29) is 0 Å². The van der Waals surface area contributed by atoms with Crippen molar-refractivity contribution in [2.75, 3.05) is 13.1 Å². The van der Waals surface area contributed by atoms with Crippen molar-refractivity contribution in [1.82, 2.24) is 5.32 Å². The number of aliphatic imine (C=N–C) groups is 1. The van der Waals surface area contributed by atoms with Crippen LogP contribution >= 0.6 is 0 Å². The van der Waals surface area contributed by atoms with Crippen LogP contribution in [0.5, 0.6) is 0 Å². The largest absolute Gasteiger partial charge is 0.373 e. The van der Waals surface area contributed by atoms with E-state index in [2.05, 4.69) is 17.2 Å². The van der Waals surface area contributed by atoms with Crippen LogP contribution in [0.25, 0.3) is 0 Å². The molecule has 0 saturated heterocycles. The molecule has 2 nitrogen and oxygen atoms in total. The Morgan fingerprint density at radius 1 is 1.31 bits per heavy atom. The molecule has 13 heavy (non-hydrogen) atoms. The van der Waals surface area contributed by atoms with E-state index in [1.165, 1.54) is 44.4 Å². The van der Waals surface area contributed by atoms with Crippen LogP contribution in [0, 0.1) is 5.41 Å². The van der Waals surface area contributed by atoms with E-state index >= 15 is 0 Å². The van der Waals surface area contributed by atoms with Gasteiger partial charge in [-0.2, -0.15) is 0 Å². The lowest BCUT2D eigenvalue weighted by Gasteiger charge is -2.12. The third-order valence-electron chi connectivity index (χ3n) is 3.20. The summed E-state index contributed by atoms with van der Waals surface area (Å²) in [6, 6.07) is 0. The molecule has 74 valence electrons. The van der Waals surface area contributed by atoms with E-state index in [9.17, 15) is 0 Å². The molecule has 0 amide bonds. The molecule has 2 heteroatoms. The van der Waals surface area contributed by atoms with Gasteiger partial charge in [-0.3, -0.25) is 4.99 Å². The van der Waals surface area contributed by atoms with Crippen LogP contribution in [0.1, 0.15) is 45.4 Å². The Morgan fingerprint density at radius 3 is 2.92 bits per heavy atom. The Bertz CT molecular complexity index is 204. The second-order valence-corrected chi connectivity index (χ2v) is 4.80. The first kappa shape index (κ1) is 9.04. The van der Waals surface area contributed by atoms with Gasteiger partial charge in [0, 0.05) is 19.5 Å². The first-order valence-electron chi connectivity index (χ1n) is 5.56. The number of amidine groups is 1. The zero-order valence-electron chi connectivity index (χ0n) is 8.60. The van der Waals surface area contributed by atoms with Gasteiger partial charge in [-0.1, -0.05) is 13.3 Å². The number of hydrogen-bond acceptors (Lipinski definition) is 2. The quantitative estimate of drug-likeness (QED) is 0.693. The van der Waals surface area contributed by atoms with Crippen LogP contribution in [-0.4, -0.2) is 18.9 Å². The zero-order chi connectivity index (χ0) is 9.15. The zero-order valence-corrected chi connectivity index (χ0v) is 8.60. The van der Waals surface area contributed by atoms with Crippen molar-refractivity contribution < 1.29 is 0 Å². The summed E-state index contributed by atoms with van der Waals surface area (Å²) in [5, 5.41) is 3.51. The van der Waals surface area contributed by atoms with Crippen molar-refractivity contribution in [3.63, 3.8) is 0 Å². The molecule has 1 fully saturated rings. The Kier molecular flexibility index (Phi) is 2.56. The van der Waals surface area contributed by atoms with Crippen molar-refractivity contribution in [3.05, 3.63) is 0 Å². The maximum atomic E-state index is 4.56. The second kappa shape index (κ2) is 3.69. The lowest BCUT2D eigenvalue weighted by atomic mass is 10.1. The van der Waals surface area contributed by atoms with E-state index < -0.39 is 0 Å². The van der Waals surface area contributed by atoms with Crippen LogP contribution in [-0.2, 0) is 0 Å². The van der Waals surface area contributed by atoms with Crippen molar-refractivity contribution in [3.8, 4) is 0 Å². The van der Waals surface area contributed by atoms with Crippen LogP contribution in [0.3, 0.4) is 0 Å². The molecule has 1 saturated carbocycles. The molecule has 0 spiro atoms. The molecule has 1 N–H and O–H groups in total. The van der Waals surface area contributed by atoms with Crippen molar-refractivity contribution in [2.45, 2.75) is 45.4 Å². The summed E-state index contributed by atoms with van der Waals surface area (Å²) in [7, 11) is 0. The fourth-order valence-corrected chi connectivity index (χ4v) is 1.72. The Labute approximate surface area is 80.8 Å². The van der Waals surface area contributed by atoms with Gasteiger partial charge in [0.15, 0.2) is 0 Å². The third kappa shape index (κ3) is 2.71. The minimum absolute atomic E-state index is 0.606. The van der Waals surface area contributed by atoms with Crippen LogP contribution in [0.2, 0.25) is 0 Å². The van der Waals surface area contributed by atoms with Gasteiger partial charge < -0.3 is 5.32 Å². The molecule has 2 rings (SSSR count). The van der Waals surface area contributed by atoms with Gasteiger partial charge in [-0.05, 0) is 31.1 Å². The number of nitrogens with one attached hydrogen (secondary N) is 1. The van der Waals surface area contributed by atoms with Crippen LogP contribution in [0.4, 0.5) is 0 Å². The van der Waals surface area contributed by atoms with Gasteiger partial charge >= 0.3 is 0 Å². The van der Waals surface area contributed by atoms with Crippen molar-refractivity contribution in [1.29, 1.82) is 0 Å². The molecule has 0 unspecified atom stereocenters. The molecule has 0 atom stereocenters. The predicted octanol–water partition coefficient (Wildman–Crippen LogP) is 2.35.